The van der Waals surface area contributed by atoms with Crippen molar-refractivity contribution in [3.8, 4) is 17.2 Å². The molecule has 0 unspecified atom stereocenters. The average Bonchev–Trinajstić information content (AvgIpc) is 3.48. The van der Waals surface area contributed by atoms with Gasteiger partial charge in [-0.3, -0.25) is 9.59 Å². The number of carbonyl (C=O) groups is 2. The standard InChI is InChI=1S/C40H35NO6/c1-45-38-22-31(17-19-36(38)46-26-29-13-7-3-8-14-29)21-34(43)40-37(47-27-30-15-9-4-10-16-30)20-18-33-39(40)32(35(44)25-42)24-41(33)23-28-11-5-2-6-12-28/h2-20,22,24,42H,21,23,25-27H2,1H3. The van der Waals surface area contributed by atoms with E-state index in [0.717, 1.165) is 16.7 Å². The molecule has 0 spiro atoms. The van der Waals surface area contributed by atoms with Crippen LogP contribution in [0.4, 0.5) is 0 Å². The van der Waals surface area contributed by atoms with Crippen LogP contribution in [0.3, 0.4) is 0 Å². The van der Waals surface area contributed by atoms with Crippen LogP contribution in [-0.4, -0.2) is 35.0 Å². The first kappa shape index (κ1) is 31.3. The molecule has 1 aromatic heterocycles. The van der Waals surface area contributed by atoms with Gasteiger partial charge in [-0.2, -0.15) is 0 Å². The first-order valence-corrected chi connectivity index (χ1v) is 15.4. The van der Waals surface area contributed by atoms with Crippen LogP contribution in [0, 0.1) is 0 Å². The van der Waals surface area contributed by atoms with Crippen LogP contribution < -0.4 is 14.2 Å². The van der Waals surface area contributed by atoms with Crippen LogP contribution in [0.2, 0.25) is 0 Å². The number of carbonyl (C=O) groups excluding carboxylic acids is 2. The summed E-state index contributed by atoms with van der Waals surface area (Å²) in [5, 5.41) is 10.4. The lowest BCUT2D eigenvalue weighted by Crippen LogP contribution is -2.11. The number of aliphatic hydroxyl groups is 1. The van der Waals surface area contributed by atoms with Crippen molar-refractivity contribution in [1.29, 1.82) is 0 Å². The third kappa shape index (κ3) is 7.27. The molecule has 7 nitrogen and oxygen atoms in total. The second kappa shape index (κ2) is 14.6. The molecule has 47 heavy (non-hydrogen) atoms. The zero-order valence-corrected chi connectivity index (χ0v) is 26.1. The van der Waals surface area contributed by atoms with Crippen molar-refractivity contribution < 1.29 is 28.9 Å². The van der Waals surface area contributed by atoms with E-state index >= 15 is 0 Å². The lowest BCUT2D eigenvalue weighted by atomic mass is 9.95. The Labute approximate surface area is 273 Å². The molecule has 0 atom stereocenters. The van der Waals surface area contributed by atoms with Crippen LogP contribution >= 0.6 is 0 Å². The Balaban J connectivity index is 1.38. The minimum atomic E-state index is -0.686. The van der Waals surface area contributed by atoms with Gasteiger partial charge in [-0.1, -0.05) is 97.1 Å². The number of ketones is 2. The Morgan fingerprint density at radius 2 is 1.21 bits per heavy atom. The monoisotopic (exact) mass is 625 g/mol. The van der Waals surface area contributed by atoms with Crippen molar-refractivity contribution in [3.63, 3.8) is 0 Å². The summed E-state index contributed by atoms with van der Waals surface area (Å²) in [7, 11) is 1.56. The predicted octanol–water partition coefficient (Wildman–Crippen LogP) is 7.46. The van der Waals surface area contributed by atoms with Gasteiger partial charge in [0.25, 0.3) is 0 Å². The largest absolute Gasteiger partial charge is 0.493 e. The SMILES string of the molecule is COc1cc(CC(=O)c2c(OCc3ccccc3)ccc3c2c(C(=O)CO)cn3Cc2ccccc2)ccc1OCc1ccccc1. The number of aromatic nitrogens is 1. The molecule has 6 aromatic rings. The third-order valence-electron chi connectivity index (χ3n) is 7.99. The van der Waals surface area contributed by atoms with Crippen LogP contribution in [0.25, 0.3) is 10.9 Å². The molecule has 0 aliphatic heterocycles. The van der Waals surface area contributed by atoms with Crippen molar-refractivity contribution in [2.75, 3.05) is 13.7 Å². The number of hydrogen-bond acceptors (Lipinski definition) is 6. The Morgan fingerprint density at radius 3 is 1.81 bits per heavy atom. The molecule has 1 heterocycles. The summed E-state index contributed by atoms with van der Waals surface area (Å²) >= 11 is 0. The highest BCUT2D eigenvalue weighted by Gasteiger charge is 2.25. The number of aliphatic hydroxyl groups excluding tert-OH is 1. The summed E-state index contributed by atoms with van der Waals surface area (Å²) in [4.78, 5) is 27.5. The van der Waals surface area contributed by atoms with E-state index < -0.39 is 12.4 Å². The molecule has 0 saturated carbocycles. The van der Waals surface area contributed by atoms with E-state index in [-0.39, 0.29) is 24.4 Å². The molecule has 0 radical (unpaired) electrons. The van der Waals surface area contributed by atoms with Crippen molar-refractivity contribution in [1.82, 2.24) is 4.57 Å². The smallest absolute Gasteiger partial charge is 0.190 e. The topological polar surface area (TPSA) is 87.0 Å². The zero-order chi connectivity index (χ0) is 32.6. The highest BCUT2D eigenvalue weighted by atomic mass is 16.5. The molecule has 1 N–H and O–H groups in total. The Morgan fingerprint density at radius 1 is 0.638 bits per heavy atom. The third-order valence-corrected chi connectivity index (χ3v) is 7.99. The fraction of sp³-hybridized carbons (Fsp3) is 0.150. The first-order chi connectivity index (χ1) is 23.0. The van der Waals surface area contributed by atoms with Crippen molar-refractivity contribution in [3.05, 3.63) is 161 Å². The number of ether oxygens (including phenoxy) is 3. The number of fused-ring (bicyclic) bond motifs is 1. The summed E-state index contributed by atoms with van der Waals surface area (Å²) in [5.41, 5.74) is 4.98. The average molecular weight is 626 g/mol. The predicted molar refractivity (Wildman–Crippen MR) is 181 cm³/mol. The first-order valence-electron chi connectivity index (χ1n) is 15.4. The van der Waals surface area contributed by atoms with E-state index in [0.29, 0.717) is 52.4 Å². The number of Topliss-reactive ketones (excluding diaryl/α,β-unsaturated/α-hetero) is 2. The molecular weight excluding hydrogens is 590 g/mol. The van der Waals surface area contributed by atoms with Crippen LogP contribution in [-0.2, 0) is 26.2 Å². The number of rotatable bonds is 14. The second-order valence-electron chi connectivity index (χ2n) is 11.2. The number of benzene rings is 5. The minimum Gasteiger partial charge on any atom is -0.493 e. The van der Waals surface area contributed by atoms with Crippen molar-refractivity contribution >= 4 is 22.5 Å². The molecule has 0 aliphatic rings. The normalized spacial score (nSPS) is 10.9. The molecule has 0 aliphatic carbocycles. The maximum atomic E-state index is 14.4. The van der Waals surface area contributed by atoms with E-state index in [1.54, 1.807) is 31.5 Å². The molecule has 0 amide bonds. The summed E-state index contributed by atoms with van der Waals surface area (Å²) in [6.45, 7) is 0.410. The van der Waals surface area contributed by atoms with Gasteiger partial charge < -0.3 is 23.9 Å². The van der Waals surface area contributed by atoms with E-state index in [2.05, 4.69) is 0 Å². The van der Waals surface area contributed by atoms with Crippen molar-refractivity contribution in [2.45, 2.75) is 26.2 Å². The van der Waals surface area contributed by atoms with Crippen LogP contribution in [0.1, 0.15) is 43.0 Å². The van der Waals surface area contributed by atoms with Crippen LogP contribution in [0.5, 0.6) is 17.2 Å². The number of nitrogens with zero attached hydrogens (tertiary/aromatic N) is 1. The minimum absolute atomic E-state index is 0.0206. The highest BCUT2D eigenvalue weighted by Crippen LogP contribution is 2.36. The lowest BCUT2D eigenvalue weighted by molar-refractivity contribution is 0.0905. The van der Waals surface area contributed by atoms with Gasteiger partial charge in [0, 0.05) is 30.1 Å². The van der Waals surface area contributed by atoms with Crippen molar-refractivity contribution in [2.24, 2.45) is 0 Å². The van der Waals surface area contributed by atoms with E-state index in [9.17, 15) is 14.7 Å². The quantitative estimate of drug-likeness (QED) is 0.127. The molecule has 6 rings (SSSR count). The van der Waals surface area contributed by atoms with Gasteiger partial charge in [-0.15, -0.1) is 0 Å². The molecule has 0 bridgehead atoms. The van der Waals surface area contributed by atoms with Gasteiger partial charge in [-0.05, 0) is 46.5 Å². The van der Waals surface area contributed by atoms with Gasteiger partial charge >= 0.3 is 0 Å². The number of hydrogen-bond donors (Lipinski definition) is 1. The Kier molecular flexibility index (Phi) is 9.75. The van der Waals surface area contributed by atoms with Gasteiger partial charge in [0.1, 0.15) is 25.6 Å². The molecule has 7 heteroatoms. The maximum absolute atomic E-state index is 14.4. The maximum Gasteiger partial charge on any atom is 0.190 e. The lowest BCUT2D eigenvalue weighted by Gasteiger charge is -2.15. The fourth-order valence-electron chi connectivity index (χ4n) is 5.66. The molecule has 5 aromatic carbocycles. The van der Waals surface area contributed by atoms with E-state index in [1.807, 2.05) is 108 Å². The van der Waals surface area contributed by atoms with Gasteiger partial charge in [0.05, 0.1) is 18.2 Å². The number of methoxy groups -OCH3 is 1. The van der Waals surface area contributed by atoms with Gasteiger partial charge in [0.15, 0.2) is 23.1 Å². The Bertz CT molecular complexity index is 1980. The summed E-state index contributed by atoms with van der Waals surface area (Å²) in [6, 6.07) is 38.5. The van der Waals surface area contributed by atoms with Crippen LogP contribution in [0.15, 0.2) is 128 Å². The summed E-state index contributed by atoms with van der Waals surface area (Å²) in [5.74, 6) is 0.733. The highest BCUT2D eigenvalue weighted by molar-refractivity contribution is 6.18. The summed E-state index contributed by atoms with van der Waals surface area (Å²) < 4.78 is 19.9. The van der Waals surface area contributed by atoms with Gasteiger partial charge in [0.2, 0.25) is 0 Å². The summed E-state index contributed by atoms with van der Waals surface area (Å²) in [6.07, 6.45) is 1.74. The van der Waals surface area contributed by atoms with E-state index in [1.165, 1.54) is 0 Å². The van der Waals surface area contributed by atoms with Gasteiger partial charge in [-0.25, -0.2) is 0 Å². The second-order valence-corrected chi connectivity index (χ2v) is 11.2. The molecule has 0 saturated heterocycles. The Hall–Kier alpha value is -5.66. The fourth-order valence-corrected chi connectivity index (χ4v) is 5.66. The molecular formula is C40H35NO6. The zero-order valence-electron chi connectivity index (χ0n) is 26.1. The molecule has 236 valence electrons. The van der Waals surface area contributed by atoms with E-state index in [4.69, 9.17) is 14.2 Å². The molecule has 0 fully saturated rings.